The fraction of sp³-hybridized carbons (Fsp3) is 0.529. The van der Waals surface area contributed by atoms with Crippen LogP contribution in [0.5, 0.6) is 0 Å². The van der Waals surface area contributed by atoms with Crippen LogP contribution >= 0.6 is 0 Å². The van der Waals surface area contributed by atoms with Crippen molar-refractivity contribution in [1.29, 1.82) is 0 Å². The van der Waals surface area contributed by atoms with Crippen LogP contribution < -0.4 is 0 Å². The lowest BCUT2D eigenvalue weighted by molar-refractivity contribution is -0.162. The Bertz CT molecular complexity index is 466. The van der Waals surface area contributed by atoms with Gasteiger partial charge in [0, 0.05) is 6.42 Å². The molecule has 0 aliphatic rings. The Morgan fingerprint density at radius 3 is 1.71 bits per heavy atom. The average Bonchev–Trinajstić information content (AvgIpc) is 2.43. The highest BCUT2D eigenvalue weighted by Gasteiger charge is 2.32. The number of carboxylic acids is 1. The summed E-state index contributed by atoms with van der Waals surface area (Å²) in [6.45, 7) is 4.78. The molecule has 0 fully saturated rings. The smallest absolute Gasteiger partial charge is 0.389 e. The van der Waals surface area contributed by atoms with Crippen LogP contribution in [0.25, 0.3) is 0 Å². The van der Waals surface area contributed by atoms with E-state index in [1.54, 1.807) is 20.8 Å². The quantitative estimate of drug-likeness (QED) is 0.799. The topological polar surface area (TPSA) is 63.6 Å². The zero-order valence-corrected chi connectivity index (χ0v) is 14.0. The molecular formula is C17H23F3O4. The van der Waals surface area contributed by atoms with Gasteiger partial charge in [-0.2, -0.15) is 13.2 Å². The van der Waals surface area contributed by atoms with Crippen LogP contribution in [-0.2, 0) is 14.3 Å². The van der Waals surface area contributed by atoms with E-state index in [2.05, 4.69) is 0 Å². The maximum Gasteiger partial charge on any atom is 0.389 e. The van der Waals surface area contributed by atoms with E-state index in [1.165, 1.54) is 0 Å². The summed E-state index contributed by atoms with van der Waals surface area (Å²) in [5.41, 5.74) is -0.788. The van der Waals surface area contributed by atoms with Gasteiger partial charge in [0.2, 0.25) is 0 Å². The van der Waals surface area contributed by atoms with Gasteiger partial charge >= 0.3 is 18.1 Å². The molecule has 1 rings (SSSR count). The van der Waals surface area contributed by atoms with Crippen molar-refractivity contribution in [2.24, 2.45) is 5.92 Å². The van der Waals surface area contributed by atoms with Crippen molar-refractivity contribution in [3.05, 3.63) is 36.4 Å². The van der Waals surface area contributed by atoms with E-state index in [0.29, 0.717) is 0 Å². The van der Waals surface area contributed by atoms with Gasteiger partial charge in [0.15, 0.2) is 0 Å². The molecule has 0 heterocycles. The Morgan fingerprint density at radius 1 is 1.00 bits per heavy atom. The van der Waals surface area contributed by atoms with Gasteiger partial charge in [0.1, 0.15) is 5.60 Å². The van der Waals surface area contributed by atoms with Crippen molar-refractivity contribution in [3.8, 4) is 0 Å². The third kappa shape index (κ3) is 13.6. The van der Waals surface area contributed by atoms with Crippen molar-refractivity contribution < 1.29 is 32.6 Å². The van der Waals surface area contributed by atoms with Gasteiger partial charge in [-0.3, -0.25) is 9.59 Å². The van der Waals surface area contributed by atoms with Crippen LogP contribution in [0, 0.1) is 5.92 Å². The number of aliphatic carboxylic acids is 1. The molecule has 1 aromatic rings. The number of hydrogen-bond acceptors (Lipinski definition) is 3. The summed E-state index contributed by atoms with van der Waals surface area (Å²) in [5, 5.41) is 8.74. The second kappa shape index (κ2) is 9.95. The molecule has 24 heavy (non-hydrogen) atoms. The van der Waals surface area contributed by atoms with Crippen LogP contribution in [0.1, 0.15) is 40.0 Å². The molecule has 0 bridgehead atoms. The first-order valence-electron chi connectivity index (χ1n) is 7.42. The van der Waals surface area contributed by atoms with Crippen LogP contribution in [0.4, 0.5) is 13.2 Å². The molecule has 0 spiro atoms. The number of alkyl halides is 3. The molecule has 1 unspecified atom stereocenters. The highest BCUT2D eigenvalue weighted by Crippen LogP contribution is 2.26. The number of ether oxygens (including phenoxy) is 1. The maximum atomic E-state index is 12.0. The number of esters is 1. The van der Waals surface area contributed by atoms with E-state index < -0.39 is 48.9 Å². The number of halogens is 3. The predicted molar refractivity (Wildman–Crippen MR) is 83.3 cm³/mol. The molecule has 0 aliphatic heterocycles. The first-order chi connectivity index (χ1) is 10.9. The van der Waals surface area contributed by atoms with Gasteiger partial charge in [-0.25, -0.2) is 0 Å². The number of rotatable bonds is 5. The molecular weight excluding hydrogens is 325 g/mol. The minimum atomic E-state index is -4.43. The van der Waals surface area contributed by atoms with Crippen LogP contribution in [-0.4, -0.2) is 28.8 Å². The summed E-state index contributed by atoms with van der Waals surface area (Å²) < 4.78 is 40.8. The molecule has 7 heteroatoms. The number of hydrogen-bond donors (Lipinski definition) is 1. The summed E-state index contributed by atoms with van der Waals surface area (Å²) in [6.07, 6.45) is -6.84. The summed E-state index contributed by atoms with van der Waals surface area (Å²) in [7, 11) is 0. The monoisotopic (exact) mass is 348 g/mol. The molecule has 0 aliphatic carbocycles. The van der Waals surface area contributed by atoms with Crippen molar-refractivity contribution in [2.75, 3.05) is 0 Å². The van der Waals surface area contributed by atoms with Crippen molar-refractivity contribution in [1.82, 2.24) is 0 Å². The minimum Gasteiger partial charge on any atom is -0.481 e. The van der Waals surface area contributed by atoms with Gasteiger partial charge < -0.3 is 9.84 Å². The summed E-state index contributed by atoms with van der Waals surface area (Å²) >= 11 is 0. The molecule has 0 saturated heterocycles. The maximum absolute atomic E-state index is 12.0. The minimum absolute atomic E-state index is 0.553. The van der Waals surface area contributed by atoms with Crippen molar-refractivity contribution >= 4 is 11.9 Å². The van der Waals surface area contributed by atoms with Gasteiger partial charge in [0.05, 0.1) is 12.3 Å². The summed E-state index contributed by atoms with van der Waals surface area (Å²) in [6, 6.07) is 12.0. The molecule has 136 valence electrons. The fourth-order valence-corrected chi connectivity index (χ4v) is 1.62. The van der Waals surface area contributed by atoms with Crippen LogP contribution in [0.2, 0.25) is 0 Å². The molecule has 1 atom stereocenters. The largest absolute Gasteiger partial charge is 0.481 e. The first kappa shape index (κ1) is 21.9. The fourth-order valence-electron chi connectivity index (χ4n) is 1.62. The molecule has 0 saturated carbocycles. The van der Waals surface area contributed by atoms with E-state index >= 15 is 0 Å². The van der Waals surface area contributed by atoms with Crippen LogP contribution in [0.3, 0.4) is 0 Å². The Kier molecular flexibility index (Phi) is 9.10. The molecule has 0 amide bonds. The number of benzene rings is 1. The SMILES string of the molecule is CC(C)(C)OC(=O)CC(CCC(F)(F)F)C(=O)O.c1ccccc1. The lowest BCUT2D eigenvalue weighted by atomic mass is 9.99. The average molecular weight is 348 g/mol. The van der Waals surface area contributed by atoms with Gasteiger partial charge in [-0.05, 0) is 27.2 Å². The normalized spacial score (nSPS) is 12.6. The van der Waals surface area contributed by atoms with E-state index in [9.17, 15) is 22.8 Å². The Labute approximate surface area is 139 Å². The second-order valence-electron chi connectivity index (χ2n) is 6.13. The van der Waals surface area contributed by atoms with Gasteiger partial charge in [-0.1, -0.05) is 36.4 Å². The molecule has 4 nitrogen and oxygen atoms in total. The Hall–Kier alpha value is -2.05. The highest BCUT2D eigenvalue weighted by atomic mass is 19.4. The Morgan fingerprint density at radius 2 is 1.42 bits per heavy atom. The zero-order valence-electron chi connectivity index (χ0n) is 14.0. The third-order valence-corrected chi connectivity index (χ3v) is 2.63. The molecule has 0 radical (unpaired) electrons. The molecule has 1 aromatic carbocycles. The number of carboxylic acid groups (broad SMARTS) is 1. The molecule has 1 N–H and O–H groups in total. The highest BCUT2D eigenvalue weighted by molar-refractivity contribution is 5.78. The summed E-state index contributed by atoms with van der Waals surface area (Å²) in [4.78, 5) is 22.1. The van der Waals surface area contributed by atoms with E-state index in [-0.39, 0.29) is 0 Å². The van der Waals surface area contributed by atoms with Crippen LogP contribution in [0.15, 0.2) is 36.4 Å². The van der Waals surface area contributed by atoms with E-state index in [4.69, 9.17) is 9.84 Å². The van der Waals surface area contributed by atoms with Gasteiger partial charge in [-0.15, -0.1) is 0 Å². The van der Waals surface area contributed by atoms with Gasteiger partial charge in [0.25, 0.3) is 0 Å². The van der Waals surface area contributed by atoms with E-state index in [0.717, 1.165) is 0 Å². The lowest BCUT2D eigenvalue weighted by Gasteiger charge is -2.21. The number of carbonyl (C=O) groups is 2. The second-order valence-corrected chi connectivity index (χ2v) is 6.13. The van der Waals surface area contributed by atoms with Crippen molar-refractivity contribution in [2.45, 2.75) is 51.8 Å². The Balaban J connectivity index is 0.000000728. The zero-order chi connectivity index (χ0) is 18.8. The molecule has 0 aromatic heterocycles. The first-order valence-corrected chi connectivity index (χ1v) is 7.42. The number of carbonyl (C=O) groups excluding carboxylic acids is 1. The van der Waals surface area contributed by atoms with E-state index in [1.807, 2.05) is 36.4 Å². The predicted octanol–water partition coefficient (Wildman–Crippen LogP) is 4.45. The van der Waals surface area contributed by atoms with Crippen molar-refractivity contribution in [3.63, 3.8) is 0 Å². The lowest BCUT2D eigenvalue weighted by Crippen LogP contribution is -2.28. The summed E-state index contributed by atoms with van der Waals surface area (Å²) in [5.74, 6) is -3.61. The standard InChI is InChI=1S/C11H17F3O4.C6H6/c1-10(2,3)18-8(15)6-7(9(16)17)4-5-11(12,13)14;1-2-4-6-5-3-1/h7H,4-6H2,1-3H3,(H,16,17);1-6H. The third-order valence-electron chi connectivity index (χ3n) is 2.63.